The summed E-state index contributed by atoms with van der Waals surface area (Å²) >= 11 is 0. The first kappa shape index (κ1) is 30.7. The van der Waals surface area contributed by atoms with Crippen molar-refractivity contribution in [3.8, 4) is 28.4 Å². The van der Waals surface area contributed by atoms with Gasteiger partial charge in [-0.1, -0.05) is 12.1 Å². The molecule has 3 aromatic rings. The Hall–Kier alpha value is -3.72. The summed E-state index contributed by atoms with van der Waals surface area (Å²) in [6.45, 7) is 7.64. The molecule has 0 unspecified atom stereocenters. The van der Waals surface area contributed by atoms with Crippen LogP contribution in [0.25, 0.3) is 11.1 Å². The normalized spacial score (nSPS) is 17.7. The monoisotopic (exact) mass is 598 g/mol. The first-order chi connectivity index (χ1) is 20.2. The molecular weight excluding hydrogens is 561 g/mol. The van der Waals surface area contributed by atoms with Crippen molar-refractivity contribution in [1.82, 2.24) is 0 Å². The van der Waals surface area contributed by atoms with Crippen molar-refractivity contribution in [3.05, 3.63) is 75.8 Å². The van der Waals surface area contributed by atoms with Crippen LogP contribution in [0, 0.1) is 13.8 Å². The third-order valence-corrected chi connectivity index (χ3v) is 8.18. The topological polar surface area (TPSA) is 74.2 Å². The van der Waals surface area contributed by atoms with Crippen molar-refractivity contribution in [2.24, 2.45) is 0 Å². The molecule has 0 fully saturated rings. The largest absolute Gasteiger partial charge is 0.493 e. The van der Waals surface area contributed by atoms with Gasteiger partial charge in [0.1, 0.15) is 23.4 Å². The van der Waals surface area contributed by atoms with Gasteiger partial charge in [0.05, 0.1) is 37.9 Å². The van der Waals surface area contributed by atoms with E-state index in [9.17, 15) is 23.1 Å². The van der Waals surface area contributed by atoms with Crippen LogP contribution in [0.4, 0.5) is 13.2 Å². The first-order valence-electron chi connectivity index (χ1n) is 14.4. The van der Waals surface area contributed by atoms with Crippen molar-refractivity contribution in [3.63, 3.8) is 0 Å². The number of carbonyl (C=O) groups excluding carboxylic acids is 1. The van der Waals surface area contributed by atoms with E-state index in [1.807, 2.05) is 12.1 Å². The summed E-state index contributed by atoms with van der Waals surface area (Å²) in [5.41, 5.74) is 2.82. The molecule has 43 heavy (non-hydrogen) atoms. The fourth-order valence-corrected chi connectivity index (χ4v) is 6.08. The van der Waals surface area contributed by atoms with Crippen molar-refractivity contribution in [2.75, 3.05) is 20.3 Å². The zero-order chi connectivity index (χ0) is 31.1. The van der Waals surface area contributed by atoms with Gasteiger partial charge in [0.15, 0.2) is 0 Å². The molecule has 0 radical (unpaired) electrons. The number of hydrogen-bond donors (Lipinski definition) is 1. The summed E-state index contributed by atoms with van der Waals surface area (Å²) in [6, 6.07) is 11.7. The Labute approximate surface area is 249 Å². The minimum Gasteiger partial charge on any atom is -0.493 e. The van der Waals surface area contributed by atoms with E-state index in [1.54, 1.807) is 45.9 Å². The van der Waals surface area contributed by atoms with E-state index in [-0.39, 0.29) is 30.5 Å². The van der Waals surface area contributed by atoms with Crippen LogP contribution in [-0.2, 0) is 22.1 Å². The molecule has 5 rings (SSSR count). The van der Waals surface area contributed by atoms with E-state index >= 15 is 0 Å². The minimum absolute atomic E-state index is 0.100. The molecule has 9 heteroatoms. The fraction of sp³-hybridized carbons (Fsp3) is 0.441. The van der Waals surface area contributed by atoms with Crippen LogP contribution in [-0.4, -0.2) is 37.0 Å². The lowest BCUT2D eigenvalue weighted by Crippen LogP contribution is -2.21. The number of fused-ring (bicyclic) bond motifs is 2. The maximum absolute atomic E-state index is 14.4. The quantitative estimate of drug-likeness (QED) is 0.255. The summed E-state index contributed by atoms with van der Waals surface area (Å²) < 4.78 is 66.0. The van der Waals surface area contributed by atoms with Crippen molar-refractivity contribution >= 4 is 5.97 Å². The Morgan fingerprint density at radius 3 is 2.35 bits per heavy atom. The number of methoxy groups -OCH3 is 1. The molecule has 0 amide bonds. The zero-order valence-electron chi connectivity index (χ0n) is 25.1. The standard InChI is InChI=1S/C34H37F3O6/c1-19-14-23(41-13-12-33(3,4)39)15-20(2)31(19)32-26-9-11-28(25(26)8-10-27(32)34(35,36)37)43-22-6-7-24-21(16-30(38)40-5)18-42-29(24)17-22/h6-8,10,14-15,17,21,28,39H,9,11-13,16,18H2,1-5H3/t21-,28-/m1/s1. The molecule has 6 nitrogen and oxygen atoms in total. The van der Waals surface area contributed by atoms with Crippen LogP contribution in [0.2, 0.25) is 0 Å². The van der Waals surface area contributed by atoms with Crippen LogP contribution in [0.3, 0.4) is 0 Å². The molecule has 1 aliphatic carbocycles. The predicted molar refractivity (Wildman–Crippen MR) is 156 cm³/mol. The number of carbonyl (C=O) groups is 1. The molecule has 0 saturated carbocycles. The molecule has 0 saturated heterocycles. The molecule has 2 atom stereocenters. The lowest BCUT2D eigenvalue weighted by molar-refractivity contribution is -0.141. The maximum atomic E-state index is 14.4. The predicted octanol–water partition coefficient (Wildman–Crippen LogP) is 7.63. The molecule has 230 valence electrons. The maximum Gasteiger partial charge on any atom is 0.417 e. The first-order valence-corrected chi connectivity index (χ1v) is 14.4. The second-order valence-corrected chi connectivity index (χ2v) is 12.0. The molecule has 0 spiro atoms. The van der Waals surface area contributed by atoms with E-state index < -0.39 is 23.4 Å². The highest BCUT2D eigenvalue weighted by Gasteiger charge is 2.39. The second kappa shape index (κ2) is 11.8. The van der Waals surface area contributed by atoms with E-state index in [1.165, 1.54) is 13.2 Å². The number of rotatable bonds is 9. The van der Waals surface area contributed by atoms with E-state index in [0.717, 1.165) is 17.2 Å². The average Bonchev–Trinajstić information content (AvgIpc) is 3.50. The van der Waals surface area contributed by atoms with Gasteiger partial charge in [-0.05, 0) is 98.2 Å². The van der Waals surface area contributed by atoms with Crippen LogP contribution >= 0.6 is 0 Å². The molecule has 0 aromatic heterocycles. The molecular formula is C34H37F3O6. The summed E-state index contributed by atoms with van der Waals surface area (Å²) in [6.07, 6.45) is -3.36. The Morgan fingerprint density at radius 2 is 1.70 bits per heavy atom. The number of aryl methyl sites for hydroxylation is 2. The highest BCUT2D eigenvalue weighted by molar-refractivity contribution is 5.80. The van der Waals surface area contributed by atoms with Crippen LogP contribution in [0.1, 0.15) is 78.5 Å². The van der Waals surface area contributed by atoms with E-state index in [0.29, 0.717) is 65.4 Å². The Kier molecular flexibility index (Phi) is 8.40. The van der Waals surface area contributed by atoms with Crippen LogP contribution < -0.4 is 14.2 Å². The SMILES string of the molecule is COC(=O)C[C@@H]1COc2cc(O[C@@H]3CCc4c3ccc(C(F)(F)F)c4-c3c(C)cc(OCCC(C)(C)O)cc3C)ccc21. The molecule has 1 heterocycles. The zero-order valence-corrected chi connectivity index (χ0v) is 25.1. The van der Waals surface area contributed by atoms with Gasteiger partial charge in [-0.25, -0.2) is 0 Å². The van der Waals surface area contributed by atoms with Gasteiger partial charge in [-0.15, -0.1) is 0 Å². The molecule has 3 aromatic carbocycles. The summed E-state index contributed by atoms with van der Waals surface area (Å²) in [4.78, 5) is 11.8. The number of aliphatic hydroxyl groups is 1. The number of alkyl halides is 3. The van der Waals surface area contributed by atoms with Gasteiger partial charge in [0.25, 0.3) is 0 Å². The Morgan fingerprint density at radius 1 is 1.00 bits per heavy atom. The summed E-state index contributed by atoms with van der Waals surface area (Å²) in [5, 5.41) is 9.98. The number of halogens is 3. The van der Waals surface area contributed by atoms with Crippen LogP contribution in [0.5, 0.6) is 17.2 Å². The molecule has 0 bridgehead atoms. The third kappa shape index (κ3) is 6.61. The average molecular weight is 599 g/mol. The molecule has 1 aliphatic heterocycles. The van der Waals surface area contributed by atoms with Gasteiger partial charge >= 0.3 is 12.1 Å². The molecule has 2 aliphatic rings. The van der Waals surface area contributed by atoms with Crippen LogP contribution in [0.15, 0.2) is 42.5 Å². The Bertz CT molecular complexity index is 1500. The fourth-order valence-electron chi connectivity index (χ4n) is 6.08. The Balaban J connectivity index is 1.45. The number of hydrogen-bond acceptors (Lipinski definition) is 6. The number of esters is 1. The van der Waals surface area contributed by atoms with Crippen molar-refractivity contribution in [2.45, 2.75) is 77.2 Å². The second-order valence-electron chi connectivity index (χ2n) is 12.0. The minimum atomic E-state index is -4.54. The smallest absolute Gasteiger partial charge is 0.417 e. The van der Waals surface area contributed by atoms with E-state index in [4.69, 9.17) is 18.9 Å². The highest BCUT2D eigenvalue weighted by atomic mass is 19.4. The third-order valence-electron chi connectivity index (χ3n) is 8.18. The highest BCUT2D eigenvalue weighted by Crippen LogP contribution is 2.48. The van der Waals surface area contributed by atoms with Gasteiger partial charge < -0.3 is 24.1 Å². The van der Waals surface area contributed by atoms with Gasteiger partial charge in [0.2, 0.25) is 0 Å². The lowest BCUT2D eigenvalue weighted by Gasteiger charge is -2.23. The van der Waals surface area contributed by atoms with Gasteiger partial charge in [0, 0.05) is 24.0 Å². The summed E-state index contributed by atoms with van der Waals surface area (Å²) in [7, 11) is 1.35. The number of benzene rings is 3. The summed E-state index contributed by atoms with van der Waals surface area (Å²) in [5.74, 6) is 1.33. The van der Waals surface area contributed by atoms with E-state index in [2.05, 4.69) is 0 Å². The van der Waals surface area contributed by atoms with Crippen molar-refractivity contribution in [1.29, 1.82) is 0 Å². The van der Waals surface area contributed by atoms with Gasteiger partial charge in [-0.3, -0.25) is 4.79 Å². The van der Waals surface area contributed by atoms with Crippen molar-refractivity contribution < 1.29 is 42.0 Å². The molecule has 1 N–H and O–H groups in total. The van der Waals surface area contributed by atoms with Gasteiger partial charge in [-0.2, -0.15) is 13.2 Å². The lowest BCUT2D eigenvalue weighted by atomic mass is 9.86. The number of ether oxygens (including phenoxy) is 4.